The number of hydrogen-bond acceptors (Lipinski definition) is 3. The van der Waals surface area contributed by atoms with Gasteiger partial charge in [-0.05, 0) is 68.0 Å². The molecule has 0 aliphatic carbocycles. The van der Waals surface area contributed by atoms with Crippen molar-refractivity contribution in [1.82, 2.24) is 14.8 Å². The molecule has 2 aromatic rings. The second kappa shape index (κ2) is 9.24. The van der Waals surface area contributed by atoms with Crippen LogP contribution in [0.3, 0.4) is 0 Å². The Kier molecular flexibility index (Phi) is 6.74. The van der Waals surface area contributed by atoms with Gasteiger partial charge in [-0.3, -0.25) is 0 Å². The van der Waals surface area contributed by atoms with Crippen molar-refractivity contribution in [3.8, 4) is 5.75 Å². The average Bonchev–Trinajstić information content (AvgIpc) is 3.09. The first-order valence-corrected chi connectivity index (χ1v) is 10.2. The predicted octanol–water partition coefficient (Wildman–Crippen LogP) is 6.12. The van der Waals surface area contributed by atoms with Gasteiger partial charge in [0.05, 0.1) is 7.11 Å². The third kappa shape index (κ3) is 4.74. The first-order valence-electron chi connectivity index (χ1n) is 9.83. The Morgan fingerprint density at radius 2 is 2.18 bits per heavy atom. The smallest absolute Gasteiger partial charge is 0.174 e. The number of allylic oxidation sites excluding steroid dienone is 4. The number of aryl methyl sites for hydroxylation is 2. The Hall–Kier alpha value is -2.33. The monoisotopic (exact) mass is 397 g/mol. The number of fused-ring (bicyclic) bond motifs is 1. The number of benzene rings is 1. The van der Waals surface area contributed by atoms with Crippen molar-refractivity contribution in [2.75, 3.05) is 7.11 Å². The van der Waals surface area contributed by atoms with Crippen molar-refractivity contribution in [2.45, 2.75) is 52.5 Å². The molecule has 148 valence electrons. The Morgan fingerprint density at radius 3 is 2.89 bits per heavy atom. The standard InChI is InChI=1S/C23H28ClN3O/c1-5-7-19(14-17(3)24)20-8-6-13-27-23(20)25-22(26-27)12-11-18-10-9-16(2)21(15-18)28-4/h7,9-12,14-15,20H,5-6,8,13H2,1-4H3/b12-11+,17-14+,19-7+. The lowest BCUT2D eigenvalue weighted by Crippen LogP contribution is -2.18. The number of nitrogens with zero attached hydrogens (tertiary/aromatic N) is 3. The van der Waals surface area contributed by atoms with Crippen molar-refractivity contribution in [2.24, 2.45) is 0 Å². The molecule has 1 aromatic heterocycles. The van der Waals surface area contributed by atoms with E-state index in [-0.39, 0.29) is 5.92 Å². The highest BCUT2D eigenvalue weighted by Gasteiger charge is 2.26. The maximum Gasteiger partial charge on any atom is 0.174 e. The van der Waals surface area contributed by atoms with Crippen LogP contribution in [0.2, 0.25) is 0 Å². The fourth-order valence-corrected chi connectivity index (χ4v) is 3.76. The van der Waals surface area contributed by atoms with Gasteiger partial charge in [0.15, 0.2) is 5.82 Å². The molecule has 0 amide bonds. The summed E-state index contributed by atoms with van der Waals surface area (Å²) in [5.41, 5.74) is 3.43. The number of methoxy groups -OCH3 is 1. The SMILES string of the molecule is CC/C=C(\C=C(/C)Cl)C1CCCn2nc(/C=C/c3ccc(C)c(OC)c3)nc21. The average molecular weight is 398 g/mol. The third-order valence-electron chi connectivity index (χ3n) is 4.96. The first-order chi connectivity index (χ1) is 13.5. The summed E-state index contributed by atoms with van der Waals surface area (Å²) in [6.07, 6.45) is 11.5. The van der Waals surface area contributed by atoms with Gasteiger partial charge in [0, 0.05) is 17.5 Å². The number of ether oxygens (including phenoxy) is 1. The molecule has 1 aromatic carbocycles. The van der Waals surface area contributed by atoms with Gasteiger partial charge in [-0.2, -0.15) is 5.10 Å². The molecule has 4 nitrogen and oxygen atoms in total. The summed E-state index contributed by atoms with van der Waals surface area (Å²) in [5, 5.41) is 5.50. The van der Waals surface area contributed by atoms with E-state index in [1.807, 2.05) is 36.7 Å². The zero-order valence-electron chi connectivity index (χ0n) is 17.1. The van der Waals surface area contributed by atoms with E-state index < -0.39 is 0 Å². The lowest BCUT2D eigenvalue weighted by atomic mass is 9.90. The van der Waals surface area contributed by atoms with Gasteiger partial charge >= 0.3 is 0 Å². The van der Waals surface area contributed by atoms with E-state index in [1.165, 1.54) is 5.57 Å². The maximum absolute atomic E-state index is 6.17. The van der Waals surface area contributed by atoms with Crippen LogP contribution in [0.5, 0.6) is 5.75 Å². The number of rotatable bonds is 6. The Balaban J connectivity index is 1.88. The first kappa shape index (κ1) is 20.4. The molecule has 0 N–H and O–H groups in total. The predicted molar refractivity (Wildman–Crippen MR) is 117 cm³/mol. The summed E-state index contributed by atoms with van der Waals surface area (Å²) in [4.78, 5) is 4.84. The van der Waals surface area contributed by atoms with Crippen LogP contribution in [0.15, 0.2) is 41.0 Å². The normalized spacial score (nSPS) is 17.8. The van der Waals surface area contributed by atoms with Gasteiger partial charge < -0.3 is 4.74 Å². The molecule has 1 atom stereocenters. The van der Waals surface area contributed by atoms with E-state index in [1.54, 1.807) is 7.11 Å². The third-order valence-corrected chi connectivity index (χ3v) is 5.06. The summed E-state index contributed by atoms with van der Waals surface area (Å²) >= 11 is 6.17. The lowest BCUT2D eigenvalue weighted by molar-refractivity contribution is 0.411. The zero-order chi connectivity index (χ0) is 20.1. The maximum atomic E-state index is 6.17. The second-order valence-electron chi connectivity index (χ2n) is 7.15. The van der Waals surface area contributed by atoms with Gasteiger partial charge in [-0.25, -0.2) is 9.67 Å². The molecular formula is C23H28ClN3O. The summed E-state index contributed by atoms with van der Waals surface area (Å²) in [6, 6.07) is 6.16. The second-order valence-corrected chi connectivity index (χ2v) is 7.75. The van der Waals surface area contributed by atoms with Crippen molar-refractivity contribution in [3.05, 3.63) is 63.7 Å². The highest BCUT2D eigenvalue weighted by Crippen LogP contribution is 2.34. The molecule has 2 heterocycles. The molecule has 5 heteroatoms. The van der Waals surface area contributed by atoms with Gasteiger partial charge in [-0.1, -0.05) is 42.8 Å². The largest absolute Gasteiger partial charge is 0.496 e. The highest BCUT2D eigenvalue weighted by molar-refractivity contribution is 6.29. The van der Waals surface area contributed by atoms with Crippen LogP contribution in [0.25, 0.3) is 12.2 Å². The molecule has 0 saturated carbocycles. The number of halogens is 1. The summed E-state index contributed by atoms with van der Waals surface area (Å²) in [5.74, 6) is 2.90. The summed E-state index contributed by atoms with van der Waals surface area (Å²) in [6.45, 7) is 7.02. The fraction of sp³-hybridized carbons (Fsp3) is 0.391. The molecule has 0 bridgehead atoms. The van der Waals surface area contributed by atoms with Crippen LogP contribution >= 0.6 is 11.6 Å². The number of aromatic nitrogens is 3. The molecular weight excluding hydrogens is 370 g/mol. The minimum atomic E-state index is 0.247. The highest BCUT2D eigenvalue weighted by atomic mass is 35.5. The van der Waals surface area contributed by atoms with Crippen LogP contribution in [0.4, 0.5) is 0 Å². The Bertz CT molecular complexity index is 920. The Morgan fingerprint density at radius 1 is 1.36 bits per heavy atom. The molecule has 3 rings (SSSR count). The van der Waals surface area contributed by atoms with Gasteiger partial charge in [0.2, 0.25) is 0 Å². The van der Waals surface area contributed by atoms with E-state index in [4.69, 9.17) is 26.4 Å². The molecule has 0 saturated heterocycles. The van der Waals surface area contributed by atoms with Crippen LogP contribution < -0.4 is 4.74 Å². The number of hydrogen-bond donors (Lipinski definition) is 0. The minimum Gasteiger partial charge on any atom is -0.496 e. The topological polar surface area (TPSA) is 39.9 Å². The molecule has 1 unspecified atom stereocenters. The quantitative estimate of drug-likeness (QED) is 0.551. The zero-order valence-corrected chi connectivity index (χ0v) is 17.8. The van der Waals surface area contributed by atoms with Crippen LogP contribution in [-0.4, -0.2) is 21.9 Å². The van der Waals surface area contributed by atoms with E-state index in [0.29, 0.717) is 0 Å². The van der Waals surface area contributed by atoms with Crippen molar-refractivity contribution >= 4 is 23.8 Å². The molecule has 1 aliphatic heterocycles. The van der Waals surface area contributed by atoms with Gasteiger partial charge in [-0.15, -0.1) is 0 Å². The van der Waals surface area contributed by atoms with E-state index in [0.717, 1.165) is 59.4 Å². The fourth-order valence-electron chi connectivity index (χ4n) is 3.63. The van der Waals surface area contributed by atoms with Crippen LogP contribution in [-0.2, 0) is 6.54 Å². The van der Waals surface area contributed by atoms with Gasteiger partial charge in [0.1, 0.15) is 11.6 Å². The minimum absolute atomic E-state index is 0.247. The molecule has 1 aliphatic rings. The Labute approximate surface area is 172 Å². The molecule has 0 spiro atoms. The van der Waals surface area contributed by atoms with E-state index >= 15 is 0 Å². The lowest BCUT2D eigenvalue weighted by Gasteiger charge is -2.23. The summed E-state index contributed by atoms with van der Waals surface area (Å²) < 4.78 is 7.45. The molecule has 28 heavy (non-hydrogen) atoms. The van der Waals surface area contributed by atoms with E-state index in [9.17, 15) is 0 Å². The van der Waals surface area contributed by atoms with E-state index in [2.05, 4.69) is 31.2 Å². The van der Waals surface area contributed by atoms with Crippen molar-refractivity contribution in [3.63, 3.8) is 0 Å². The van der Waals surface area contributed by atoms with Gasteiger partial charge in [0.25, 0.3) is 0 Å². The van der Waals surface area contributed by atoms with Crippen molar-refractivity contribution < 1.29 is 4.74 Å². The van der Waals surface area contributed by atoms with Crippen LogP contribution in [0, 0.1) is 6.92 Å². The molecule has 0 fully saturated rings. The molecule has 0 radical (unpaired) electrons. The van der Waals surface area contributed by atoms with Crippen LogP contribution in [0.1, 0.15) is 61.8 Å². The summed E-state index contributed by atoms with van der Waals surface area (Å²) in [7, 11) is 1.69. The van der Waals surface area contributed by atoms with Crippen molar-refractivity contribution in [1.29, 1.82) is 0 Å².